The molecule has 1 aliphatic rings. The van der Waals surface area contributed by atoms with E-state index in [1.165, 1.54) is 4.57 Å². The molecule has 21 heavy (non-hydrogen) atoms. The molecule has 3 heterocycles. The molecule has 0 saturated carbocycles. The monoisotopic (exact) mass is 312 g/mol. The molecule has 1 aliphatic heterocycles. The van der Waals surface area contributed by atoms with Crippen LogP contribution in [0.15, 0.2) is 4.79 Å². The Balaban J connectivity index is 2.11. The summed E-state index contributed by atoms with van der Waals surface area (Å²) in [5.74, 6) is 0.367. The third-order valence-electron chi connectivity index (χ3n) is 3.31. The lowest BCUT2D eigenvalue weighted by atomic mass is 10.2. The maximum absolute atomic E-state index is 12.3. The lowest BCUT2D eigenvalue weighted by Gasteiger charge is -2.13. The van der Waals surface area contributed by atoms with E-state index < -0.39 is 6.23 Å². The number of aliphatic hydroxyl groups is 1. The van der Waals surface area contributed by atoms with Crippen LogP contribution in [-0.4, -0.2) is 39.0 Å². The molecule has 0 aliphatic carbocycles. The molecule has 0 aromatic carbocycles. The van der Waals surface area contributed by atoms with Gasteiger partial charge in [-0.15, -0.1) is 0 Å². The number of fused-ring (bicyclic) bond motifs is 1. The zero-order valence-electron chi connectivity index (χ0n) is 11.5. The van der Waals surface area contributed by atoms with E-state index in [9.17, 15) is 4.79 Å². The van der Waals surface area contributed by atoms with Crippen LogP contribution in [0.4, 0.5) is 5.95 Å². The topological polar surface area (TPSA) is 112 Å². The molecule has 3 N–H and O–H groups in total. The molecule has 2 aromatic rings. The van der Waals surface area contributed by atoms with Crippen molar-refractivity contribution in [3.05, 3.63) is 9.67 Å². The fraction of sp³-hybridized carbons (Fsp3) is 0.583. The molecule has 0 unspecified atom stereocenters. The highest BCUT2D eigenvalue weighted by molar-refractivity contribution is 7.16. The number of rotatable bonds is 4. The average Bonchev–Trinajstić information content (AvgIpc) is 3.02. The smallest absolute Gasteiger partial charge is 0.311 e. The number of ether oxygens (including phenoxy) is 2. The number of anilines is 1. The quantitative estimate of drug-likeness (QED) is 0.845. The first-order valence-corrected chi connectivity index (χ1v) is 7.53. The summed E-state index contributed by atoms with van der Waals surface area (Å²) in [5.41, 5.74) is 6.11. The van der Waals surface area contributed by atoms with E-state index in [-0.39, 0.29) is 23.5 Å². The molecular weight excluding hydrogens is 296 g/mol. The number of nitrogen functional groups attached to an aromatic ring is 1. The summed E-state index contributed by atoms with van der Waals surface area (Å²) >= 11 is 1.01. The van der Waals surface area contributed by atoms with Gasteiger partial charge in [-0.2, -0.15) is 9.97 Å². The van der Waals surface area contributed by atoms with Crippen LogP contribution in [0.3, 0.4) is 0 Å². The zero-order chi connectivity index (χ0) is 15.0. The molecule has 9 heteroatoms. The summed E-state index contributed by atoms with van der Waals surface area (Å²) < 4.78 is 13.1. The predicted molar refractivity (Wildman–Crippen MR) is 77.5 cm³/mol. The number of hydrogen-bond acceptors (Lipinski definition) is 8. The lowest BCUT2D eigenvalue weighted by Crippen LogP contribution is -2.21. The fourth-order valence-corrected chi connectivity index (χ4v) is 3.31. The molecule has 0 amide bonds. The van der Waals surface area contributed by atoms with Crippen molar-refractivity contribution in [2.24, 2.45) is 0 Å². The van der Waals surface area contributed by atoms with Crippen LogP contribution in [0.2, 0.25) is 0 Å². The van der Waals surface area contributed by atoms with Crippen LogP contribution in [0.25, 0.3) is 10.3 Å². The number of nitrogens with zero attached hydrogens (tertiary/aromatic N) is 3. The maximum Gasteiger partial charge on any atom is 0.311 e. The molecular formula is C12H16N4O4S. The van der Waals surface area contributed by atoms with E-state index in [0.717, 1.165) is 11.3 Å². The first-order chi connectivity index (χ1) is 10.1. The highest BCUT2D eigenvalue weighted by atomic mass is 32.1. The largest absolute Gasteiger partial charge is 0.477 e. The molecule has 3 rings (SSSR count). The van der Waals surface area contributed by atoms with Gasteiger partial charge in [0.1, 0.15) is 10.9 Å². The van der Waals surface area contributed by atoms with Gasteiger partial charge >= 0.3 is 4.87 Å². The van der Waals surface area contributed by atoms with Crippen LogP contribution >= 0.6 is 11.3 Å². The molecule has 1 fully saturated rings. The van der Waals surface area contributed by atoms with Gasteiger partial charge in [0.15, 0.2) is 5.65 Å². The van der Waals surface area contributed by atoms with Crippen LogP contribution in [0, 0.1) is 0 Å². The second kappa shape index (κ2) is 5.58. The molecule has 2 atom stereocenters. The van der Waals surface area contributed by atoms with Gasteiger partial charge in [0.05, 0.1) is 19.3 Å². The SMILES string of the molecule is CCOc1nc(N)nc2c1sc(=O)n2[C@H]1CC[C@@H](CO)O1. The van der Waals surface area contributed by atoms with Crippen LogP contribution < -0.4 is 15.3 Å². The average molecular weight is 312 g/mol. The third-order valence-corrected chi connectivity index (χ3v) is 4.24. The highest BCUT2D eigenvalue weighted by Crippen LogP contribution is 2.33. The molecule has 114 valence electrons. The normalized spacial score (nSPS) is 22.0. The maximum atomic E-state index is 12.3. The van der Waals surface area contributed by atoms with Crippen molar-refractivity contribution in [1.29, 1.82) is 0 Å². The van der Waals surface area contributed by atoms with Gasteiger partial charge in [0.2, 0.25) is 11.8 Å². The van der Waals surface area contributed by atoms with E-state index in [1.54, 1.807) is 0 Å². The number of nitrogens with two attached hydrogens (primary N) is 1. The van der Waals surface area contributed by atoms with Crippen molar-refractivity contribution in [3.63, 3.8) is 0 Å². The van der Waals surface area contributed by atoms with Crippen LogP contribution in [0.5, 0.6) is 5.88 Å². The van der Waals surface area contributed by atoms with Gasteiger partial charge in [-0.25, -0.2) is 0 Å². The van der Waals surface area contributed by atoms with E-state index >= 15 is 0 Å². The Morgan fingerprint density at radius 3 is 3.00 bits per heavy atom. The van der Waals surface area contributed by atoms with Crippen molar-refractivity contribution in [3.8, 4) is 5.88 Å². The van der Waals surface area contributed by atoms with Gasteiger partial charge in [-0.3, -0.25) is 9.36 Å². The Bertz CT molecular complexity index is 713. The van der Waals surface area contributed by atoms with Gasteiger partial charge in [0.25, 0.3) is 0 Å². The minimum Gasteiger partial charge on any atom is -0.477 e. The van der Waals surface area contributed by atoms with E-state index in [2.05, 4.69) is 9.97 Å². The number of hydrogen-bond donors (Lipinski definition) is 2. The van der Waals surface area contributed by atoms with E-state index in [1.807, 2.05) is 6.92 Å². The Morgan fingerprint density at radius 2 is 2.33 bits per heavy atom. The second-order valence-electron chi connectivity index (χ2n) is 4.68. The minimum absolute atomic E-state index is 0.0502. The third kappa shape index (κ3) is 2.47. The van der Waals surface area contributed by atoms with Gasteiger partial charge in [0, 0.05) is 0 Å². The van der Waals surface area contributed by atoms with Crippen molar-refractivity contribution < 1.29 is 14.6 Å². The van der Waals surface area contributed by atoms with Gasteiger partial charge < -0.3 is 20.3 Å². The standard InChI is InChI=1S/C12H16N4O4S/c1-2-19-10-8-9(14-11(13)15-10)16(12(18)21-8)7-4-3-6(5-17)20-7/h6-7,17H,2-5H2,1H3,(H2,13,14,15)/t6-,7+/m0/s1. The molecule has 0 radical (unpaired) electrons. The molecule has 2 aromatic heterocycles. The van der Waals surface area contributed by atoms with Crippen LogP contribution in [-0.2, 0) is 4.74 Å². The Labute approximate surface area is 124 Å². The van der Waals surface area contributed by atoms with E-state index in [0.29, 0.717) is 35.7 Å². The fourth-order valence-electron chi connectivity index (χ4n) is 2.41. The molecule has 1 saturated heterocycles. The number of thiazole rings is 1. The van der Waals surface area contributed by atoms with E-state index in [4.69, 9.17) is 20.3 Å². The van der Waals surface area contributed by atoms with Crippen molar-refractivity contribution in [2.75, 3.05) is 18.9 Å². The summed E-state index contributed by atoms with van der Waals surface area (Å²) in [4.78, 5) is 20.2. The summed E-state index contributed by atoms with van der Waals surface area (Å²) in [6.45, 7) is 2.19. The van der Waals surface area contributed by atoms with Crippen molar-refractivity contribution >= 4 is 27.6 Å². The Hall–Kier alpha value is -1.71. The number of aromatic nitrogens is 3. The lowest BCUT2D eigenvalue weighted by molar-refractivity contribution is -0.0214. The minimum atomic E-state index is -0.438. The van der Waals surface area contributed by atoms with Gasteiger partial charge in [-0.05, 0) is 19.8 Å². The van der Waals surface area contributed by atoms with Gasteiger partial charge in [-0.1, -0.05) is 11.3 Å². The first-order valence-electron chi connectivity index (χ1n) is 6.71. The summed E-state index contributed by atoms with van der Waals surface area (Å²) in [6, 6.07) is 0. The Morgan fingerprint density at radius 1 is 1.52 bits per heavy atom. The summed E-state index contributed by atoms with van der Waals surface area (Å²) in [5, 5.41) is 9.15. The molecule has 0 spiro atoms. The van der Waals surface area contributed by atoms with Crippen LogP contribution in [0.1, 0.15) is 26.0 Å². The summed E-state index contributed by atoms with van der Waals surface area (Å²) in [7, 11) is 0. The molecule has 0 bridgehead atoms. The second-order valence-corrected chi connectivity index (χ2v) is 5.64. The van der Waals surface area contributed by atoms with Crippen molar-refractivity contribution in [1.82, 2.24) is 14.5 Å². The highest BCUT2D eigenvalue weighted by Gasteiger charge is 2.30. The first kappa shape index (κ1) is 14.2. The Kier molecular flexibility index (Phi) is 3.79. The number of aliphatic hydroxyl groups excluding tert-OH is 1. The predicted octanol–water partition coefficient (Wildman–Crippen LogP) is 0.504. The summed E-state index contributed by atoms with van der Waals surface area (Å²) in [6.07, 6.45) is 0.656. The molecule has 8 nitrogen and oxygen atoms in total. The zero-order valence-corrected chi connectivity index (χ0v) is 12.3. The van der Waals surface area contributed by atoms with Crippen molar-refractivity contribution in [2.45, 2.75) is 32.1 Å².